The topological polar surface area (TPSA) is 72.3 Å². The minimum atomic E-state index is -0.333. The molecule has 1 rings (SSSR count). The normalized spacial score (nSPS) is 23.8. The maximum atomic E-state index is 10.4. The summed E-state index contributed by atoms with van der Waals surface area (Å²) in [4.78, 5) is 12.5. The lowest BCUT2D eigenvalue weighted by Crippen LogP contribution is -2.66. The number of carbonyl (C=O) groups excluding carboxylic acids is 1. The summed E-state index contributed by atoms with van der Waals surface area (Å²) in [5.41, 5.74) is 10.4. The van der Waals surface area contributed by atoms with Crippen LogP contribution in [-0.2, 0) is 4.79 Å². The van der Waals surface area contributed by atoms with Crippen molar-refractivity contribution < 1.29 is 4.79 Å². The van der Waals surface area contributed by atoms with Gasteiger partial charge in [0.25, 0.3) is 0 Å². The van der Waals surface area contributed by atoms with E-state index in [1.807, 2.05) is 7.05 Å². The van der Waals surface area contributed by atoms with Crippen LogP contribution in [0.2, 0.25) is 0 Å². The van der Waals surface area contributed by atoms with Crippen LogP contribution in [0.25, 0.3) is 0 Å². The number of primary amides is 1. The number of rotatable bonds is 2. The lowest BCUT2D eigenvalue weighted by atomic mass is 9.88. The van der Waals surface area contributed by atoms with Crippen molar-refractivity contribution in [2.24, 2.45) is 11.5 Å². The molecule has 1 saturated heterocycles. The molecule has 0 unspecified atom stereocenters. The predicted octanol–water partition coefficient (Wildman–Crippen LogP) is -1.50. The highest BCUT2D eigenvalue weighted by atomic mass is 16.1. The Hall–Kier alpha value is -0.610. The molecule has 0 spiro atoms. The zero-order valence-corrected chi connectivity index (χ0v) is 6.13. The van der Waals surface area contributed by atoms with Crippen molar-refractivity contribution in [1.82, 2.24) is 4.90 Å². The van der Waals surface area contributed by atoms with Gasteiger partial charge in [-0.2, -0.15) is 0 Å². The van der Waals surface area contributed by atoms with Crippen LogP contribution in [0, 0.1) is 0 Å². The van der Waals surface area contributed by atoms with E-state index >= 15 is 0 Å². The average molecular weight is 143 g/mol. The van der Waals surface area contributed by atoms with E-state index in [1.54, 1.807) is 0 Å². The lowest BCUT2D eigenvalue weighted by molar-refractivity contribution is -0.120. The molecule has 0 aromatic heterocycles. The number of hydrogen-bond donors (Lipinski definition) is 2. The largest absolute Gasteiger partial charge is 0.370 e. The highest BCUT2D eigenvalue weighted by Gasteiger charge is 2.38. The van der Waals surface area contributed by atoms with Gasteiger partial charge in [-0.3, -0.25) is 4.79 Å². The maximum Gasteiger partial charge on any atom is 0.219 e. The second-order valence-electron chi connectivity index (χ2n) is 3.18. The van der Waals surface area contributed by atoms with E-state index in [-0.39, 0.29) is 11.4 Å². The van der Waals surface area contributed by atoms with E-state index in [1.165, 1.54) is 0 Å². The van der Waals surface area contributed by atoms with E-state index in [9.17, 15) is 4.79 Å². The first kappa shape index (κ1) is 7.50. The molecule has 1 fully saturated rings. The van der Waals surface area contributed by atoms with E-state index in [0.29, 0.717) is 6.42 Å². The Bertz CT molecular complexity index is 151. The third-order valence-electron chi connectivity index (χ3n) is 1.70. The molecule has 0 saturated carbocycles. The first-order chi connectivity index (χ1) is 4.52. The maximum absolute atomic E-state index is 10.4. The molecule has 0 aromatic carbocycles. The Labute approximate surface area is 60.2 Å². The van der Waals surface area contributed by atoms with Crippen LogP contribution in [0.5, 0.6) is 0 Å². The fourth-order valence-electron chi connectivity index (χ4n) is 1.49. The molecule has 1 heterocycles. The van der Waals surface area contributed by atoms with Crippen LogP contribution >= 0.6 is 0 Å². The quantitative estimate of drug-likeness (QED) is 0.494. The molecule has 1 amide bonds. The summed E-state index contributed by atoms with van der Waals surface area (Å²) in [5, 5.41) is 0. The lowest BCUT2D eigenvalue weighted by Gasteiger charge is -2.45. The fourth-order valence-corrected chi connectivity index (χ4v) is 1.49. The van der Waals surface area contributed by atoms with Gasteiger partial charge < -0.3 is 16.4 Å². The molecule has 4 nitrogen and oxygen atoms in total. The summed E-state index contributed by atoms with van der Waals surface area (Å²) >= 11 is 0. The van der Waals surface area contributed by atoms with Gasteiger partial charge in [-0.25, -0.2) is 0 Å². The molecule has 0 aromatic rings. The minimum absolute atomic E-state index is 0.303. The molecule has 10 heavy (non-hydrogen) atoms. The highest BCUT2D eigenvalue weighted by molar-refractivity contribution is 5.75. The van der Waals surface area contributed by atoms with Crippen molar-refractivity contribution >= 4 is 5.91 Å². The summed E-state index contributed by atoms with van der Waals surface area (Å²) in [6.45, 7) is 1.55. The van der Waals surface area contributed by atoms with Gasteiger partial charge in [0, 0.05) is 25.0 Å². The van der Waals surface area contributed by atoms with Crippen LogP contribution in [0.1, 0.15) is 6.42 Å². The van der Waals surface area contributed by atoms with Gasteiger partial charge in [0.05, 0.1) is 0 Å². The fraction of sp³-hybridized carbons (Fsp3) is 0.833. The average Bonchev–Trinajstić information content (AvgIpc) is 1.57. The van der Waals surface area contributed by atoms with Crippen molar-refractivity contribution in [3.8, 4) is 0 Å². The second kappa shape index (κ2) is 2.21. The van der Waals surface area contributed by atoms with Crippen LogP contribution < -0.4 is 11.5 Å². The zero-order chi connectivity index (χ0) is 7.78. The molecule has 1 aliphatic rings. The molecule has 4 N–H and O–H groups in total. The summed E-state index contributed by atoms with van der Waals surface area (Å²) in [6, 6.07) is 0. The molecule has 4 heteroatoms. The van der Waals surface area contributed by atoms with Crippen molar-refractivity contribution in [3.63, 3.8) is 0 Å². The van der Waals surface area contributed by atoms with E-state index < -0.39 is 0 Å². The van der Waals surface area contributed by atoms with Gasteiger partial charge in [0.15, 0.2) is 0 Å². The first-order valence-electron chi connectivity index (χ1n) is 3.28. The second-order valence-corrected chi connectivity index (χ2v) is 3.18. The summed E-state index contributed by atoms with van der Waals surface area (Å²) < 4.78 is 0. The Morgan fingerprint density at radius 2 is 2.20 bits per heavy atom. The van der Waals surface area contributed by atoms with Gasteiger partial charge in [0.1, 0.15) is 0 Å². The number of carbonyl (C=O) groups is 1. The molecule has 58 valence electrons. The smallest absolute Gasteiger partial charge is 0.219 e. The Balaban J connectivity index is 2.34. The Morgan fingerprint density at radius 3 is 2.50 bits per heavy atom. The molecule has 0 bridgehead atoms. The molecule has 0 aliphatic carbocycles. The zero-order valence-electron chi connectivity index (χ0n) is 6.13. The van der Waals surface area contributed by atoms with Gasteiger partial charge in [-0.05, 0) is 7.05 Å². The van der Waals surface area contributed by atoms with Crippen molar-refractivity contribution in [2.45, 2.75) is 12.0 Å². The van der Waals surface area contributed by atoms with Gasteiger partial charge >= 0.3 is 0 Å². The predicted molar refractivity (Wildman–Crippen MR) is 38.2 cm³/mol. The SMILES string of the molecule is CN1CC(N)(CC(N)=O)C1. The summed E-state index contributed by atoms with van der Waals surface area (Å²) in [7, 11) is 1.96. The van der Waals surface area contributed by atoms with Gasteiger partial charge in [-0.15, -0.1) is 0 Å². The molecular weight excluding hydrogens is 130 g/mol. The van der Waals surface area contributed by atoms with Crippen molar-refractivity contribution in [2.75, 3.05) is 20.1 Å². The molecular formula is C6H13N3O. The molecule has 1 aliphatic heterocycles. The number of likely N-dealkylation sites (tertiary alicyclic amines) is 1. The Kier molecular flexibility index (Phi) is 1.66. The standard InChI is InChI=1S/C6H13N3O/c1-9-3-6(8,4-9)2-5(7)10/h2-4,8H2,1H3,(H2,7,10). The number of amides is 1. The van der Waals surface area contributed by atoms with Crippen molar-refractivity contribution in [3.05, 3.63) is 0 Å². The monoisotopic (exact) mass is 143 g/mol. The van der Waals surface area contributed by atoms with Gasteiger partial charge in [-0.1, -0.05) is 0 Å². The third kappa shape index (κ3) is 1.46. The first-order valence-corrected chi connectivity index (χ1v) is 3.28. The van der Waals surface area contributed by atoms with Crippen molar-refractivity contribution in [1.29, 1.82) is 0 Å². The van der Waals surface area contributed by atoms with E-state index in [4.69, 9.17) is 11.5 Å². The van der Waals surface area contributed by atoms with Crippen LogP contribution in [0.15, 0.2) is 0 Å². The number of hydrogen-bond acceptors (Lipinski definition) is 3. The van der Waals surface area contributed by atoms with E-state index in [2.05, 4.69) is 4.90 Å². The number of likely N-dealkylation sites (N-methyl/N-ethyl adjacent to an activating group) is 1. The minimum Gasteiger partial charge on any atom is -0.370 e. The summed E-state index contributed by atoms with van der Waals surface area (Å²) in [6.07, 6.45) is 0.303. The van der Waals surface area contributed by atoms with Gasteiger partial charge in [0.2, 0.25) is 5.91 Å². The number of nitrogens with zero attached hydrogens (tertiary/aromatic N) is 1. The Morgan fingerprint density at radius 1 is 1.70 bits per heavy atom. The van der Waals surface area contributed by atoms with E-state index in [0.717, 1.165) is 13.1 Å². The molecule has 0 atom stereocenters. The molecule has 0 radical (unpaired) electrons. The highest BCUT2D eigenvalue weighted by Crippen LogP contribution is 2.18. The summed E-state index contributed by atoms with van der Waals surface area (Å²) in [5.74, 6) is -0.310. The third-order valence-corrected chi connectivity index (χ3v) is 1.70. The van der Waals surface area contributed by atoms with Crippen LogP contribution in [0.4, 0.5) is 0 Å². The van der Waals surface area contributed by atoms with Crippen LogP contribution in [-0.4, -0.2) is 36.5 Å². The van der Waals surface area contributed by atoms with Crippen LogP contribution in [0.3, 0.4) is 0 Å². The number of nitrogens with two attached hydrogens (primary N) is 2.